The van der Waals surface area contributed by atoms with E-state index in [1.807, 2.05) is 13.8 Å². The Morgan fingerprint density at radius 3 is 2.36 bits per heavy atom. The molecule has 5 unspecified atom stereocenters. The topological polar surface area (TPSA) is 78.9 Å². The van der Waals surface area contributed by atoms with Gasteiger partial charge in [0.05, 0.1) is 17.4 Å². The molecule has 2 bridgehead atoms. The van der Waals surface area contributed by atoms with E-state index >= 15 is 0 Å². The summed E-state index contributed by atoms with van der Waals surface area (Å²) in [6.45, 7) is 7.13. The van der Waals surface area contributed by atoms with E-state index in [0.29, 0.717) is 12.8 Å². The summed E-state index contributed by atoms with van der Waals surface area (Å²) in [6, 6.07) is 0. The SMILES string of the molecule is CC(=O)OCC12CC3(C)C(=O)OC(C1C)C3(COC(C)=O)C2. The van der Waals surface area contributed by atoms with Gasteiger partial charge in [0.1, 0.15) is 12.7 Å². The third-order valence-corrected chi connectivity index (χ3v) is 6.22. The molecular formula is C16H22O6. The molecule has 0 aromatic heterocycles. The van der Waals surface area contributed by atoms with E-state index in [9.17, 15) is 14.4 Å². The van der Waals surface area contributed by atoms with Crippen LogP contribution < -0.4 is 0 Å². The van der Waals surface area contributed by atoms with E-state index in [2.05, 4.69) is 0 Å². The summed E-state index contributed by atoms with van der Waals surface area (Å²) in [5.74, 6) is -0.835. The van der Waals surface area contributed by atoms with Crippen molar-refractivity contribution in [1.82, 2.24) is 0 Å². The van der Waals surface area contributed by atoms with Gasteiger partial charge in [-0.1, -0.05) is 6.92 Å². The van der Waals surface area contributed by atoms with Crippen molar-refractivity contribution < 1.29 is 28.6 Å². The molecule has 0 amide bonds. The van der Waals surface area contributed by atoms with Gasteiger partial charge in [0.25, 0.3) is 0 Å². The third kappa shape index (κ3) is 1.69. The monoisotopic (exact) mass is 310 g/mol. The first-order valence-electron chi connectivity index (χ1n) is 7.65. The van der Waals surface area contributed by atoms with Crippen LogP contribution in [0.25, 0.3) is 0 Å². The van der Waals surface area contributed by atoms with Gasteiger partial charge in [-0.05, 0) is 19.8 Å². The highest BCUT2D eigenvalue weighted by Crippen LogP contribution is 2.76. The van der Waals surface area contributed by atoms with Crippen LogP contribution in [0.4, 0.5) is 0 Å². The molecule has 3 fully saturated rings. The Hall–Kier alpha value is -1.59. The molecule has 6 heteroatoms. The zero-order valence-corrected chi connectivity index (χ0v) is 13.4. The van der Waals surface area contributed by atoms with Crippen molar-refractivity contribution in [1.29, 1.82) is 0 Å². The van der Waals surface area contributed by atoms with Gasteiger partial charge in [-0.15, -0.1) is 0 Å². The molecule has 6 nitrogen and oxygen atoms in total. The molecule has 1 heterocycles. The number of carbonyl (C=O) groups is 3. The number of ether oxygens (including phenoxy) is 3. The van der Waals surface area contributed by atoms with Crippen molar-refractivity contribution in [3.05, 3.63) is 0 Å². The molecule has 3 rings (SSSR count). The van der Waals surface area contributed by atoms with Crippen LogP contribution in [-0.2, 0) is 28.6 Å². The Morgan fingerprint density at radius 2 is 1.77 bits per heavy atom. The third-order valence-electron chi connectivity index (χ3n) is 6.22. The van der Waals surface area contributed by atoms with Gasteiger partial charge in [-0.2, -0.15) is 0 Å². The van der Waals surface area contributed by atoms with Crippen LogP contribution in [0.3, 0.4) is 0 Å². The largest absolute Gasteiger partial charge is 0.465 e. The zero-order chi connectivity index (χ0) is 16.3. The summed E-state index contributed by atoms with van der Waals surface area (Å²) in [7, 11) is 0. The molecule has 0 aromatic carbocycles. The fourth-order valence-corrected chi connectivity index (χ4v) is 5.04. The number of rotatable bonds is 4. The molecule has 0 N–H and O–H groups in total. The number of esters is 3. The summed E-state index contributed by atoms with van der Waals surface area (Å²) < 4.78 is 16.2. The highest BCUT2D eigenvalue weighted by molar-refractivity contribution is 5.82. The molecule has 2 saturated carbocycles. The molecule has 0 radical (unpaired) electrons. The lowest BCUT2D eigenvalue weighted by Gasteiger charge is -2.40. The van der Waals surface area contributed by atoms with Crippen LogP contribution in [0.15, 0.2) is 0 Å². The van der Waals surface area contributed by atoms with E-state index < -0.39 is 10.8 Å². The van der Waals surface area contributed by atoms with Crippen LogP contribution in [0.2, 0.25) is 0 Å². The molecule has 0 aromatic rings. The lowest BCUT2D eigenvalue weighted by Crippen LogP contribution is -2.48. The van der Waals surface area contributed by atoms with Gasteiger partial charge < -0.3 is 14.2 Å². The maximum Gasteiger partial charge on any atom is 0.312 e. The molecule has 1 saturated heterocycles. The van der Waals surface area contributed by atoms with Gasteiger partial charge >= 0.3 is 17.9 Å². The first-order valence-corrected chi connectivity index (χ1v) is 7.65. The highest BCUT2D eigenvalue weighted by atomic mass is 16.6. The second kappa shape index (κ2) is 4.46. The van der Waals surface area contributed by atoms with E-state index in [1.165, 1.54) is 13.8 Å². The highest BCUT2D eigenvalue weighted by Gasteiger charge is 2.81. The Bertz CT molecular complexity index is 557. The van der Waals surface area contributed by atoms with E-state index in [-0.39, 0.29) is 48.6 Å². The molecule has 5 atom stereocenters. The zero-order valence-electron chi connectivity index (χ0n) is 13.4. The summed E-state index contributed by atoms with van der Waals surface area (Å²) in [5.41, 5.74) is -1.47. The van der Waals surface area contributed by atoms with Crippen molar-refractivity contribution in [2.24, 2.45) is 22.2 Å². The van der Waals surface area contributed by atoms with E-state index in [4.69, 9.17) is 14.2 Å². The summed E-state index contributed by atoms with van der Waals surface area (Å²) in [6.07, 6.45) is 0.994. The number of hydrogen-bond acceptors (Lipinski definition) is 6. The van der Waals surface area contributed by atoms with Crippen molar-refractivity contribution in [3.8, 4) is 0 Å². The lowest BCUT2D eigenvalue weighted by atomic mass is 9.61. The van der Waals surface area contributed by atoms with Gasteiger partial charge in [0.15, 0.2) is 0 Å². The Labute approximate surface area is 129 Å². The summed E-state index contributed by atoms with van der Waals surface area (Å²) in [4.78, 5) is 34.9. The molecule has 2 aliphatic carbocycles. The van der Waals surface area contributed by atoms with Crippen LogP contribution in [-0.4, -0.2) is 37.2 Å². The van der Waals surface area contributed by atoms with Crippen LogP contribution in [0.1, 0.15) is 40.5 Å². The molecule has 3 aliphatic rings. The molecule has 122 valence electrons. The van der Waals surface area contributed by atoms with E-state index in [1.54, 1.807) is 0 Å². The van der Waals surface area contributed by atoms with Crippen LogP contribution in [0, 0.1) is 22.2 Å². The predicted octanol–water partition coefficient (Wildman–Crippen LogP) is 1.46. The quantitative estimate of drug-likeness (QED) is 0.578. The van der Waals surface area contributed by atoms with Gasteiger partial charge in [-0.25, -0.2) is 0 Å². The van der Waals surface area contributed by atoms with Crippen molar-refractivity contribution in [3.63, 3.8) is 0 Å². The average Bonchev–Trinajstić information content (AvgIpc) is 2.88. The maximum absolute atomic E-state index is 12.4. The number of hydrogen-bond donors (Lipinski definition) is 0. The van der Waals surface area contributed by atoms with Crippen LogP contribution >= 0.6 is 0 Å². The Balaban J connectivity index is 1.95. The smallest absolute Gasteiger partial charge is 0.312 e. The molecule has 22 heavy (non-hydrogen) atoms. The van der Waals surface area contributed by atoms with Crippen LogP contribution in [0.5, 0.6) is 0 Å². The lowest BCUT2D eigenvalue weighted by molar-refractivity contribution is -0.150. The minimum absolute atomic E-state index is 0.0712. The van der Waals surface area contributed by atoms with Gasteiger partial charge in [0.2, 0.25) is 0 Å². The first-order chi connectivity index (χ1) is 10.2. The Kier molecular flexibility index (Phi) is 3.10. The molecule has 1 aliphatic heterocycles. The van der Waals surface area contributed by atoms with Crippen molar-refractivity contribution in [2.75, 3.05) is 13.2 Å². The number of carbonyl (C=O) groups excluding carboxylic acids is 3. The average molecular weight is 310 g/mol. The van der Waals surface area contributed by atoms with Gasteiger partial charge in [0, 0.05) is 25.2 Å². The summed E-state index contributed by atoms with van der Waals surface area (Å²) in [5, 5.41) is 0. The summed E-state index contributed by atoms with van der Waals surface area (Å²) >= 11 is 0. The van der Waals surface area contributed by atoms with Crippen molar-refractivity contribution >= 4 is 17.9 Å². The predicted molar refractivity (Wildman–Crippen MR) is 74.5 cm³/mol. The normalized spacial score (nSPS) is 44.8. The van der Waals surface area contributed by atoms with Gasteiger partial charge in [-0.3, -0.25) is 14.4 Å². The molecule has 0 spiro atoms. The number of fused-ring (bicyclic) bond motifs is 1. The van der Waals surface area contributed by atoms with Crippen molar-refractivity contribution in [2.45, 2.75) is 46.6 Å². The molecular weight excluding hydrogens is 288 g/mol. The minimum Gasteiger partial charge on any atom is -0.465 e. The second-order valence-corrected chi connectivity index (χ2v) is 7.38. The Morgan fingerprint density at radius 1 is 1.18 bits per heavy atom. The van der Waals surface area contributed by atoms with E-state index in [0.717, 1.165) is 0 Å². The first kappa shape index (κ1) is 15.3. The fourth-order valence-electron chi connectivity index (χ4n) is 5.04. The fraction of sp³-hybridized carbons (Fsp3) is 0.812. The maximum atomic E-state index is 12.4. The second-order valence-electron chi connectivity index (χ2n) is 7.38. The standard InChI is InChI=1S/C16H22O6/c1-9-12-16(8-21-11(3)18)6-15(9,7-20-10(2)17)5-14(16,4)13(19)22-12/h9,12H,5-8H2,1-4H3. The minimum atomic E-state index is -0.681.